The van der Waals surface area contributed by atoms with Gasteiger partial charge in [-0.15, -0.1) is 11.8 Å². The Bertz CT molecular complexity index is 1810. The van der Waals surface area contributed by atoms with E-state index < -0.39 is 5.60 Å². The molecule has 3 aliphatic rings. The highest BCUT2D eigenvalue weighted by Gasteiger charge is 2.44. The minimum Gasteiger partial charge on any atom is -0.474 e. The predicted molar refractivity (Wildman–Crippen MR) is 201 cm³/mol. The quantitative estimate of drug-likeness (QED) is 0.143. The Morgan fingerprint density at radius 2 is 1.61 bits per heavy atom. The fourth-order valence-electron chi connectivity index (χ4n) is 7.25. The highest BCUT2D eigenvalue weighted by Crippen LogP contribution is 2.47. The Morgan fingerprint density at radius 3 is 2.27 bits per heavy atom. The highest BCUT2D eigenvalue weighted by molar-refractivity contribution is 7.99. The van der Waals surface area contributed by atoms with Crippen LogP contribution in [0.25, 0.3) is 6.08 Å². The van der Waals surface area contributed by atoms with Crippen LogP contribution in [0.1, 0.15) is 108 Å². The Labute approximate surface area is 297 Å². The molecule has 0 radical (unpaired) electrons. The average Bonchev–Trinajstić information content (AvgIpc) is 3.40. The number of hydrogen-bond donors (Lipinski definition) is 0. The fraction of sp³-hybridized carbons (Fsp3) is 0.386. The Kier molecular flexibility index (Phi) is 11.9. The lowest BCUT2D eigenvalue weighted by atomic mass is 9.75. The minimum atomic E-state index is -1.03. The molecular formula is C44H47N3OS. The van der Waals surface area contributed by atoms with Crippen LogP contribution >= 0.6 is 11.8 Å². The molecule has 1 saturated carbocycles. The molecule has 1 heterocycles. The molecule has 5 rings (SSSR count). The van der Waals surface area contributed by atoms with Crippen molar-refractivity contribution in [3.05, 3.63) is 129 Å². The molecule has 0 bridgehead atoms. The fourth-order valence-corrected chi connectivity index (χ4v) is 8.25. The third kappa shape index (κ3) is 8.76. The summed E-state index contributed by atoms with van der Waals surface area (Å²) >= 11 is 1.92. The van der Waals surface area contributed by atoms with E-state index in [0.717, 1.165) is 24.2 Å². The Hall–Kier alpha value is -4.50. The first-order valence-corrected chi connectivity index (χ1v) is 18.7. The van der Waals surface area contributed by atoms with Crippen molar-refractivity contribution in [2.45, 2.75) is 102 Å². The van der Waals surface area contributed by atoms with Crippen molar-refractivity contribution in [2.75, 3.05) is 5.75 Å². The maximum Gasteiger partial charge on any atom is 0.172 e. The van der Waals surface area contributed by atoms with E-state index in [2.05, 4.69) is 99.7 Å². The molecule has 1 fully saturated rings. The van der Waals surface area contributed by atoms with Crippen molar-refractivity contribution in [3.8, 4) is 18.2 Å². The van der Waals surface area contributed by atoms with Gasteiger partial charge in [-0.3, -0.25) is 0 Å². The topological polar surface area (TPSA) is 80.6 Å². The summed E-state index contributed by atoms with van der Waals surface area (Å²) in [5.74, 6) is 1.78. The van der Waals surface area contributed by atoms with E-state index in [1.165, 1.54) is 72.1 Å². The molecule has 1 unspecified atom stereocenters. The predicted octanol–water partition coefficient (Wildman–Crippen LogP) is 11.9. The number of allylic oxidation sites excluding steroid dienone is 8. The van der Waals surface area contributed by atoms with Gasteiger partial charge < -0.3 is 4.74 Å². The van der Waals surface area contributed by atoms with Crippen molar-refractivity contribution in [1.29, 1.82) is 15.8 Å². The second-order valence-electron chi connectivity index (χ2n) is 14.4. The molecule has 0 aromatic heterocycles. The zero-order valence-corrected chi connectivity index (χ0v) is 30.2. The average molecular weight is 666 g/mol. The molecule has 1 atom stereocenters. The lowest BCUT2D eigenvalue weighted by molar-refractivity contribution is 0.0754. The summed E-state index contributed by atoms with van der Waals surface area (Å²) < 4.78 is 6.42. The van der Waals surface area contributed by atoms with Crippen LogP contribution in [0.2, 0.25) is 0 Å². The SMILES string of the molecule is CCCCSc1ccc(C=CC2=CC(=CC=CC3=C(C#N)C(=C(C#N)C#N)OC3(C)c3ccc(C4CCCCC4)cc3)CC(C)(C)C2)cc1. The highest BCUT2D eigenvalue weighted by atomic mass is 32.2. The van der Waals surface area contributed by atoms with Crippen LogP contribution in [0.15, 0.2) is 117 Å². The van der Waals surface area contributed by atoms with E-state index in [9.17, 15) is 15.8 Å². The largest absolute Gasteiger partial charge is 0.474 e. The van der Waals surface area contributed by atoms with Crippen LogP contribution in [-0.4, -0.2) is 5.75 Å². The lowest BCUT2D eigenvalue weighted by Gasteiger charge is -2.30. The van der Waals surface area contributed by atoms with E-state index in [-0.39, 0.29) is 22.3 Å². The standard InChI is InChI=1S/C44H47N3OS/c1-5-6-25-49-39-23-17-32(18-24-39)15-16-34-26-33(27-43(2,3)28-34)11-10-14-41-40(31-47)42(37(29-45)30-46)48-44(41,4)38-21-19-36(20-22-38)35-12-8-7-9-13-35/h10-11,14-24,26,35H,5-9,12-13,25,27-28H2,1-4H3. The zero-order chi connectivity index (χ0) is 34.9. The van der Waals surface area contributed by atoms with Crippen molar-refractivity contribution in [2.24, 2.45) is 5.41 Å². The van der Waals surface area contributed by atoms with E-state index in [1.807, 2.05) is 43.0 Å². The van der Waals surface area contributed by atoms with E-state index in [4.69, 9.17) is 4.74 Å². The zero-order valence-electron chi connectivity index (χ0n) is 29.4. The Balaban J connectivity index is 1.43. The first kappa shape index (κ1) is 35.8. The molecule has 5 heteroatoms. The summed E-state index contributed by atoms with van der Waals surface area (Å²) in [6.45, 7) is 8.75. The summed E-state index contributed by atoms with van der Waals surface area (Å²) in [5.41, 5.74) is 5.64. The van der Waals surface area contributed by atoms with Gasteiger partial charge in [-0.1, -0.05) is 119 Å². The van der Waals surface area contributed by atoms with Crippen molar-refractivity contribution < 1.29 is 4.74 Å². The van der Waals surface area contributed by atoms with E-state index in [1.54, 1.807) is 0 Å². The number of ether oxygens (including phenoxy) is 1. The summed E-state index contributed by atoms with van der Waals surface area (Å²) in [4.78, 5) is 1.31. The minimum absolute atomic E-state index is 0.0531. The smallest absolute Gasteiger partial charge is 0.172 e. The van der Waals surface area contributed by atoms with Gasteiger partial charge >= 0.3 is 0 Å². The number of hydrogen-bond acceptors (Lipinski definition) is 5. The summed E-state index contributed by atoms with van der Waals surface area (Å²) in [6, 6.07) is 23.4. The maximum atomic E-state index is 10.3. The van der Waals surface area contributed by atoms with Gasteiger partial charge in [0.05, 0.1) is 0 Å². The second kappa shape index (κ2) is 16.3. The first-order chi connectivity index (χ1) is 23.7. The molecule has 4 nitrogen and oxygen atoms in total. The molecule has 0 N–H and O–H groups in total. The molecule has 0 spiro atoms. The van der Waals surface area contributed by atoms with Crippen molar-refractivity contribution in [1.82, 2.24) is 0 Å². The van der Waals surface area contributed by atoms with Gasteiger partial charge in [0.2, 0.25) is 0 Å². The van der Waals surface area contributed by atoms with Gasteiger partial charge in [0.15, 0.2) is 16.9 Å². The van der Waals surface area contributed by atoms with Crippen LogP contribution in [0, 0.1) is 39.4 Å². The van der Waals surface area contributed by atoms with E-state index in [0.29, 0.717) is 11.5 Å². The number of nitrogens with zero attached hydrogens (tertiary/aromatic N) is 3. The van der Waals surface area contributed by atoms with Crippen LogP contribution in [0.3, 0.4) is 0 Å². The molecule has 0 saturated heterocycles. The molecule has 2 aromatic rings. The maximum absolute atomic E-state index is 10.3. The van der Waals surface area contributed by atoms with Crippen LogP contribution in [0.4, 0.5) is 0 Å². The number of thioether (sulfide) groups is 1. The van der Waals surface area contributed by atoms with Crippen molar-refractivity contribution >= 4 is 17.8 Å². The van der Waals surface area contributed by atoms with Gasteiger partial charge in [-0.2, -0.15) is 15.8 Å². The number of unbranched alkanes of at least 4 members (excludes halogenated alkanes) is 1. The number of rotatable bonds is 10. The molecular weight excluding hydrogens is 619 g/mol. The molecule has 1 aliphatic heterocycles. The Morgan fingerprint density at radius 1 is 0.898 bits per heavy atom. The lowest BCUT2D eigenvalue weighted by Crippen LogP contribution is -2.23. The first-order valence-electron chi connectivity index (χ1n) is 17.7. The van der Waals surface area contributed by atoms with Gasteiger partial charge in [-0.25, -0.2) is 0 Å². The van der Waals surface area contributed by atoms with Gasteiger partial charge in [0.25, 0.3) is 0 Å². The van der Waals surface area contributed by atoms with Crippen LogP contribution < -0.4 is 0 Å². The summed E-state index contributed by atoms with van der Waals surface area (Å²) in [6.07, 6.45) is 23.3. The van der Waals surface area contributed by atoms with Crippen molar-refractivity contribution in [3.63, 3.8) is 0 Å². The third-order valence-electron chi connectivity index (χ3n) is 9.86. The van der Waals surface area contributed by atoms with Crippen LogP contribution in [-0.2, 0) is 10.3 Å². The van der Waals surface area contributed by atoms with Gasteiger partial charge in [-0.05, 0) is 96.1 Å². The summed E-state index contributed by atoms with van der Waals surface area (Å²) in [7, 11) is 0. The van der Waals surface area contributed by atoms with Gasteiger partial charge in [0.1, 0.15) is 23.8 Å². The number of nitriles is 3. The molecule has 2 aromatic carbocycles. The monoisotopic (exact) mass is 665 g/mol. The third-order valence-corrected chi connectivity index (χ3v) is 11.0. The second-order valence-corrected chi connectivity index (χ2v) is 15.5. The molecule has 0 amide bonds. The van der Waals surface area contributed by atoms with Crippen LogP contribution in [0.5, 0.6) is 0 Å². The van der Waals surface area contributed by atoms with E-state index >= 15 is 0 Å². The molecule has 250 valence electrons. The number of benzene rings is 2. The van der Waals surface area contributed by atoms with Gasteiger partial charge in [0, 0.05) is 10.5 Å². The molecule has 49 heavy (non-hydrogen) atoms. The summed E-state index contributed by atoms with van der Waals surface area (Å²) in [5, 5.41) is 29.7. The normalized spacial score (nSPS) is 21.8. The molecule has 2 aliphatic carbocycles.